The molecule has 106 valence electrons. The first-order valence-corrected chi connectivity index (χ1v) is 7.47. The van der Waals surface area contributed by atoms with Gasteiger partial charge in [0.15, 0.2) is 0 Å². The highest BCUT2D eigenvalue weighted by Gasteiger charge is 2.32. The summed E-state index contributed by atoms with van der Waals surface area (Å²) < 4.78 is 1.85. The van der Waals surface area contributed by atoms with Gasteiger partial charge in [0.05, 0.1) is 11.3 Å². The Morgan fingerprint density at radius 2 is 2.11 bits per heavy atom. The second-order valence-electron chi connectivity index (χ2n) is 5.71. The van der Waals surface area contributed by atoms with E-state index < -0.39 is 0 Å². The van der Waals surface area contributed by atoms with Crippen LogP contribution in [0.2, 0.25) is 0 Å². The summed E-state index contributed by atoms with van der Waals surface area (Å²) in [7, 11) is 1.93. The number of aromatic nitrogens is 2. The molecule has 1 aromatic heterocycles. The van der Waals surface area contributed by atoms with Gasteiger partial charge in [0.1, 0.15) is 10.8 Å². The van der Waals surface area contributed by atoms with Crippen LogP contribution in [0.15, 0.2) is 0 Å². The van der Waals surface area contributed by atoms with Crippen LogP contribution in [0.1, 0.15) is 50.3 Å². The number of nitrogens with two attached hydrogens (primary N) is 1. The summed E-state index contributed by atoms with van der Waals surface area (Å²) >= 11 is 5.14. The van der Waals surface area contributed by atoms with Crippen molar-refractivity contribution < 1.29 is 0 Å². The average Bonchev–Trinajstić information content (AvgIpc) is 2.92. The summed E-state index contributed by atoms with van der Waals surface area (Å²) in [6.45, 7) is 5.22. The van der Waals surface area contributed by atoms with Crippen molar-refractivity contribution in [3.8, 4) is 0 Å². The van der Waals surface area contributed by atoms with Crippen molar-refractivity contribution in [1.82, 2.24) is 9.78 Å². The molecule has 2 rings (SSSR count). The lowest BCUT2D eigenvalue weighted by Gasteiger charge is -2.28. The van der Waals surface area contributed by atoms with Crippen molar-refractivity contribution in [3.63, 3.8) is 0 Å². The van der Waals surface area contributed by atoms with Crippen molar-refractivity contribution in [2.75, 3.05) is 11.9 Å². The molecule has 0 unspecified atom stereocenters. The lowest BCUT2D eigenvalue weighted by atomic mass is 9.83. The predicted octanol–water partition coefficient (Wildman–Crippen LogP) is 2.75. The van der Waals surface area contributed by atoms with Gasteiger partial charge in [-0.1, -0.05) is 32.0 Å². The molecule has 1 saturated carbocycles. The van der Waals surface area contributed by atoms with Crippen molar-refractivity contribution in [2.45, 2.75) is 46.0 Å². The summed E-state index contributed by atoms with van der Waals surface area (Å²) in [5.74, 6) is 0.963. The standard InChI is InChI=1S/C14H24N4S/c1-4-14(7-5-6-8-14)9-16-13-11(12(15)19)10(2)17-18(13)3/h16H,4-9H2,1-3H3,(H2,15,19). The lowest BCUT2D eigenvalue weighted by Crippen LogP contribution is -2.27. The SMILES string of the molecule is CCC1(CNc2c(C(N)=S)c(C)nn2C)CCCC1. The molecule has 0 saturated heterocycles. The van der Waals surface area contributed by atoms with Crippen LogP contribution in [0.25, 0.3) is 0 Å². The maximum Gasteiger partial charge on any atom is 0.134 e. The molecule has 0 amide bonds. The second-order valence-corrected chi connectivity index (χ2v) is 6.15. The van der Waals surface area contributed by atoms with Gasteiger partial charge in [-0.25, -0.2) is 0 Å². The van der Waals surface area contributed by atoms with Crippen LogP contribution >= 0.6 is 12.2 Å². The monoisotopic (exact) mass is 280 g/mol. The molecule has 0 bridgehead atoms. The molecule has 1 heterocycles. The average molecular weight is 280 g/mol. The number of hydrogen-bond acceptors (Lipinski definition) is 3. The molecular formula is C14H24N4S. The highest BCUT2D eigenvalue weighted by atomic mass is 32.1. The number of nitrogens with one attached hydrogen (secondary N) is 1. The summed E-state index contributed by atoms with van der Waals surface area (Å²) in [6, 6.07) is 0. The van der Waals surface area contributed by atoms with Gasteiger partial charge in [-0.2, -0.15) is 5.10 Å². The molecule has 0 aromatic carbocycles. The van der Waals surface area contributed by atoms with E-state index in [0.29, 0.717) is 10.4 Å². The maximum absolute atomic E-state index is 5.82. The van der Waals surface area contributed by atoms with Crippen LogP contribution in [0.3, 0.4) is 0 Å². The van der Waals surface area contributed by atoms with Gasteiger partial charge in [-0.3, -0.25) is 4.68 Å². The molecular weight excluding hydrogens is 256 g/mol. The van der Waals surface area contributed by atoms with E-state index in [1.165, 1.54) is 32.1 Å². The molecule has 5 heteroatoms. The molecule has 0 radical (unpaired) electrons. The number of rotatable bonds is 5. The van der Waals surface area contributed by atoms with Crippen LogP contribution in [0.5, 0.6) is 0 Å². The zero-order valence-corrected chi connectivity index (χ0v) is 12.9. The smallest absolute Gasteiger partial charge is 0.134 e. The molecule has 0 atom stereocenters. The number of anilines is 1. The van der Waals surface area contributed by atoms with E-state index in [-0.39, 0.29) is 0 Å². The maximum atomic E-state index is 5.82. The summed E-state index contributed by atoms with van der Waals surface area (Å²) in [5, 5.41) is 7.96. The number of aryl methyl sites for hydroxylation is 2. The normalized spacial score (nSPS) is 17.6. The minimum absolute atomic E-state index is 0.421. The highest BCUT2D eigenvalue weighted by Crippen LogP contribution is 2.41. The molecule has 1 fully saturated rings. The van der Waals surface area contributed by atoms with Crippen LogP contribution in [0.4, 0.5) is 5.82 Å². The molecule has 1 aliphatic carbocycles. The third-order valence-electron chi connectivity index (χ3n) is 4.51. The zero-order chi connectivity index (χ0) is 14.0. The van der Waals surface area contributed by atoms with E-state index in [2.05, 4.69) is 17.3 Å². The van der Waals surface area contributed by atoms with E-state index in [1.807, 2.05) is 18.7 Å². The first-order chi connectivity index (χ1) is 8.99. The highest BCUT2D eigenvalue weighted by molar-refractivity contribution is 7.80. The van der Waals surface area contributed by atoms with E-state index in [9.17, 15) is 0 Å². The van der Waals surface area contributed by atoms with Crippen molar-refractivity contribution in [1.29, 1.82) is 0 Å². The number of hydrogen-bond donors (Lipinski definition) is 2. The van der Waals surface area contributed by atoms with Crippen LogP contribution < -0.4 is 11.1 Å². The molecule has 3 N–H and O–H groups in total. The van der Waals surface area contributed by atoms with E-state index in [4.69, 9.17) is 18.0 Å². The van der Waals surface area contributed by atoms with E-state index in [1.54, 1.807) is 0 Å². The van der Waals surface area contributed by atoms with Crippen molar-refractivity contribution >= 4 is 23.0 Å². The molecule has 4 nitrogen and oxygen atoms in total. The topological polar surface area (TPSA) is 55.9 Å². The summed E-state index contributed by atoms with van der Waals surface area (Å²) in [6.07, 6.45) is 6.55. The lowest BCUT2D eigenvalue weighted by molar-refractivity contribution is 0.306. The third-order valence-corrected chi connectivity index (χ3v) is 4.72. The Hall–Kier alpha value is -1.10. The Bertz CT molecular complexity index is 472. The van der Waals surface area contributed by atoms with Crippen LogP contribution in [-0.2, 0) is 7.05 Å². The Kier molecular flexibility index (Phi) is 4.13. The first kappa shape index (κ1) is 14.3. The second kappa shape index (κ2) is 5.49. The minimum atomic E-state index is 0.421. The fourth-order valence-electron chi connectivity index (χ4n) is 3.21. The van der Waals surface area contributed by atoms with Gasteiger partial charge in [0.2, 0.25) is 0 Å². The quantitative estimate of drug-likeness (QED) is 0.814. The molecule has 1 aromatic rings. The Labute approximate surface area is 120 Å². The van der Waals surface area contributed by atoms with Crippen molar-refractivity contribution in [3.05, 3.63) is 11.3 Å². The predicted molar refractivity (Wildman–Crippen MR) is 83.5 cm³/mol. The van der Waals surface area contributed by atoms with E-state index >= 15 is 0 Å². The van der Waals surface area contributed by atoms with Gasteiger partial charge in [-0.05, 0) is 31.6 Å². The van der Waals surface area contributed by atoms with Gasteiger partial charge >= 0.3 is 0 Å². The summed E-state index contributed by atoms with van der Waals surface area (Å²) in [5.41, 5.74) is 8.04. The number of nitrogens with zero attached hydrogens (tertiary/aromatic N) is 2. The molecule has 19 heavy (non-hydrogen) atoms. The summed E-state index contributed by atoms with van der Waals surface area (Å²) in [4.78, 5) is 0.421. The minimum Gasteiger partial charge on any atom is -0.389 e. The first-order valence-electron chi connectivity index (χ1n) is 7.06. The zero-order valence-electron chi connectivity index (χ0n) is 12.1. The van der Waals surface area contributed by atoms with Gasteiger partial charge in [0.25, 0.3) is 0 Å². The van der Waals surface area contributed by atoms with Crippen molar-refractivity contribution in [2.24, 2.45) is 18.2 Å². The largest absolute Gasteiger partial charge is 0.389 e. The van der Waals surface area contributed by atoms with Gasteiger partial charge < -0.3 is 11.1 Å². The molecule has 0 aliphatic heterocycles. The Morgan fingerprint density at radius 1 is 1.47 bits per heavy atom. The third kappa shape index (κ3) is 2.76. The van der Waals surface area contributed by atoms with Gasteiger partial charge in [0, 0.05) is 13.6 Å². The molecule has 1 aliphatic rings. The fourth-order valence-corrected chi connectivity index (χ4v) is 3.45. The Balaban J connectivity index is 2.17. The molecule has 0 spiro atoms. The van der Waals surface area contributed by atoms with Gasteiger partial charge in [-0.15, -0.1) is 0 Å². The fraction of sp³-hybridized carbons (Fsp3) is 0.714. The van der Waals surface area contributed by atoms with E-state index in [0.717, 1.165) is 23.6 Å². The van der Waals surface area contributed by atoms with Crippen LogP contribution in [-0.4, -0.2) is 21.3 Å². The van der Waals surface area contributed by atoms with Crippen LogP contribution in [0, 0.1) is 12.3 Å². The number of thiocarbonyl (C=S) groups is 1. The Morgan fingerprint density at radius 3 is 2.63 bits per heavy atom.